The maximum absolute atomic E-state index is 12.3. The molecule has 7 nitrogen and oxygen atoms in total. The van der Waals surface area contributed by atoms with Gasteiger partial charge >= 0.3 is 5.97 Å². The van der Waals surface area contributed by atoms with E-state index in [9.17, 15) is 14.9 Å². The molecule has 146 valence electrons. The molecule has 0 atom stereocenters. The molecular formula is C22H20N4O3. The normalized spacial score (nSPS) is 10.4. The first-order valence-corrected chi connectivity index (χ1v) is 9.10. The highest BCUT2D eigenvalue weighted by molar-refractivity contribution is 5.95. The minimum Gasteiger partial charge on any atom is -0.452 e. The Kier molecular flexibility index (Phi) is 6.05. The highest BCUT2D eigenvalue weighted by Gasteiger charge is 2.17. The number of carbonyl (C=O) groups is 2. The zero-order valence-electron chi connectivity index (χ0n) is 16.1. The number of nitrogens with zero attached hydrogens (tertiary/aromatic N) is 3. The Morgan fingerprint density at radius 2 is 1.83 bits per heavy atom. The highest BCUT2D eigenvalue weighted by Crippen LogP contribution is 2.19. The summed E-state index contributed by atoms with van der Waals surface area (Å²) in [5.41, 5.74) is 2.37. The van der Waals surface area contributed by atoms with Crippen molar-refractivity contribution in [2.24, 2.45) is 0 Å². The van der Waals surface area contributed by atoms with Crippen LogP contribution in [0.4, 0.5) is 5.82 Å². The number of benzene rings is 2. The second kappa shape index (κ2) is 8.85. The molecule has 0 aliphatic heterocycles. The molecule has 0 aliphatic carbocycles. The van der Waals surface area contributed by atoms with Crippen molar-refractivity contribution >= 4 is 17.7 Å². The van der Waals surface area contributed by atoms with Crippen LogP contribution in [0.1, 0.15) is 41.3 Å². The van der Waals surface area contributed by atoms with Gasteiger partial charge in [-0.05, 0) is 35.7 Å². The molecule has 0 spiro atoms. The molecule has 1 N–H and O–H groups in total. The molecular weight excluding hydrogens is 368 g/mol. The summed E-state index contributed by atoms with van der Waals surface area (Å²) in [6.07, 6.45) is 1.37. The Labute approximate surface area is 168 Å². The molecule has 2 aromatic carbocycles. The average molecular weight is 388 g/mol. The number of anilines is 1. The van der Waals surface area contributed by atoms with Gasteiger partial charge in [0.1, 0.15) is 11.6 Å². The van der Waals surface area contributed by atoms with Crippen molar-refractivity contribution in [3.63, 3.8) is 0 Å². The van der Waals surface area contributed by atoms with Crippen molar-refractivity contribution in [3.8, 4) is 11.8 Å². The second-order valence-electron chi connectivity index (χ2n) is 6.67. The Hall–Kier alpha value is -3.92. The van der Waals surface area contributed by atoms with Gasteiger partial charge < -0.3 is 10.1 Å². The third-order valence-corrected chi connectivity index (χ3v) is 4.30. The maximum Gasteiger partial charge on any atom is 0.338 e. The summed E-state index contributed by atoms with van der Waals surface area (Å²) >= 11 is 0. The predicted molar refractivity (Wildman–Crippen MR) is 108 cm³/mol. The molecule has 7 heteroatoms. The first-order valence-electron chi connectivity index (χ1n) is 9.10. The van der Waals surface area contributed by atoms with E-state index >= 15 is 0 Å². The number of amides is 1. The van der Waals surface area contributed by atoms with Crippen LogP contribution in [0.15, 0.2) is 60.8 Å². The molecule has 1 aromatic heterocycles. The maximum atomic E-state index is 12.3. The van der Waals surface area contributed by atoms with Crippen LogP contribution in [0.3, 0.4) is 0 Å². The zero-order valence-corrected chi connectivity index (χ0v) is 16.1. The molecule has 1 heterocycles. The number of aromatic nitrogens is 2. The molecule has 29 heavy (non-hydrogen) atoms. The van der Waals surface area contributed by atoms with E-state index in [1.165, 1.54) is 10.9 Å². The Bertz CT molecular complexity index is 1050. The van der Waals surface area contributed by atoms with Crippen molar-refractivity contribution in [1.82, 2.24) is 9.78 Å². The van der Waals surface area contributed by atoms with E-state index < -0.39 is 18.5 Å². The number of nitrogens with one attached hydrogen (secondary N) is 1. The quantitative estimate of drug-likeness (QED) is 0.650. The van der Waals surface area contributed by atoms with E-state index in [2.05, 4.69) is 24.3 Å². The Morgan fingerprint density at radius 3 is 2.45 bits per heavy atom. The Balaban J connectivity index is 1.66. The van der Waals surface area contributed by atoms with Crippen LogP contribution in [0.2, 0.25) is 0 Å². The average Bonchev–Trinajstić information content (AvgIpc) is 3.15. The highest BCUT2D eigenvalue weighted by atomic mass is 16.5. The summed E-state index contributed by atoms with van der Waals surface area (Å²) in [7, 11) is 0. The molecule has 3 rings (SSSR count). The van der Waals surface area contributed by atoms with Gasteiger partial charge in [-0.3, -0.25) is 4.79 Å². The van der Waals surface area contributed by atoms with Crippen LogP contribution in [0.5, 0.6) is 0 Å². The minimum atomic E-state index is -0.590. The SMILES string of the molecule is CC(C)c1ccc(C(=O)OCC(=O)Nc2c(C#N)cnn2-c2ccccc2)cc1. The van der Waals surface area contributed by atoms with E-state index in [0.29, 0.717) is 17.2 Å². The standard InChI is InChI=1S/C22H20N4O3/c1-15(2)16-8-10-17(11-9-16)22(28)29-14-20(27)25-21-18(12-23)13-24-26(21)19-6-4-3-5-7-19/h3-11,13,15H,14H2,1-2H3,(H,25,27). The number of hydrogen-bond acceptors (Lipinski definition) is 5. The van der Waals surface area contributed by atoms with Gasteiger partial charge in [0.25, 0.3) is 5.91 Å². The number of hydrogen-bond donors (Lipinski definition) is 1. The van der Waals surface area contributed by atoms with E-state index in [1.807, 2.05) is 36.4 Å². The number of rotatable bonds is 6. The zero-order chi connectivity index (χ0) is 20.8. The van der Waals surface area contributed by atoms with E-state index in [1.54, 1.807) is 24.3 Å². The number of nitriles is 1. The molecule has 0 fully saturated rings. The Morgan fingerprint density at radius 1 is 1.14 bits per heavy atom. The fourth-order valence-electron chi connectivity index (χ4n) is 2.70. The lowest BCUT2D eigenvalue weighted by Gasteiger charge is -2.10. The van der Waals surface area contributed by atoms with Crippen LogP contribution < -0.4 is 5.32 Å². The lowest BCUT2D eigenvalue weighted by Crippen LogP contribution is -2.23. The van der Waals surface area contributed by atoms with Crippen LogP contribution in [0, 0.1) is 11.3 Å². The number of carbonyl (C=O) groups excluding carboxylic acids is 2. The molecule has 0 saturated heterocycles. The van der Waals surface area contributed by atoms with Gasteiger partial charge in [0.2, 0.25) is 0 Å². The topological polar surface area (TPSA) is 97.0 Å². The van der Waals surface area contributed by atoms with Crippen molar-refractivity contribution < 1.29 is 14.3 Å². The summed E-state index contributed by atoms with van der Waals surface area (Å²) < 4.78 is 6.54. The summed E-state index contributed by atoms with van der Waals surface area (Å²) in [6.45, 7) is 3.65. The summed E-state index contributed by atoms with van der Waals surface area (Å²) in [5, 5.41) is 16.0. The first-order chi connectivity index (χ1) is 14.0. The number of para-hydroxylation sites is 1. The lowest BCUT2D eigenvalue weighted by molar-refractivity contribution is -0.119. The monoisotopic (exact) mass is 388 g/mol. The van der Waals surface area contributed by atoms with E-state index in [4.69, 9.17) is 4.74 Å². The summed E-state index contributed by atoms with van der Waals surface area (Å²) in [4.78, 5) is 24.5. The van der Waals surface area contributed by atoms with Crippen LogP contribution in [-0.2, 0) is 9.53 Å². The van der Waals surface area contributed by atoms with Gasteiger partial charge in [-0.2, -0.15) is 10.4 Å². The molecule has 3 aromatic rings. The smallest absolute Gasteiger partial charge is 0.338 e. The lowest BCUT2D eigenvalue weighted by atomic mass is 10.0. The van der Waals surface area contributed by atoms with Crippen LogP contribution >= 0.6 is 0 Å². The van der Waals surface area contributed by atoms with Gasteiger partial charge in [-0.15, -0.1) is 0 Å². The van der Waals surface area contributed by atoms with Crippen molar-refractivity contribution in [2.75, 3.05) is 11.9 Å². The summed E-state index contributed by atoms with van der Waals surface area (Å²) in [5.74, 6) is -0.574. The molecule has 0 bridgehead atoms. The number of esters is 1. The fourth-order valence-corrected chi connectivity index (χ4v) is 2.70. The predicted octanol–water partition coefficient (Wildman–Crippen LogP) is 3.66. The first kappa shape index (κ1) is 19.8. The van der Waals surface area contributed by atoms with Crippen molar-refractivity contribution in [1.29, 1.82) is 5.26 Å². The van der Waals surface area contributed by atoms with Gasteiger partial charge in [0.15, 0.2) is 12.4 Å². The van der Waals surface area contributed by atoms with Crippen molar-refractivity contribution in [2.45, 2.75) is 19.8 Å². The van der Waals surface area contributed by atoms with Crippen molar-refractivity contribution in [3.05, 3.63) is 77.5 Å². The van der Waals surface area contributed by atoms with Crippen LogP contribution in [0.25, 0.3) is 5.69 Å². The molecule has 1 amide bonds. The van der Waals surface area contributed by atoms with Gasteiger partial charge in [0.05, 0.1) is 17.4 Å². The van der Waals surface area contributed by atoms with Gasteiger partial charge in [-0.1, -0.05) is 44.2 Å². The van der Waals surface area contributed by atoms with E-state index in [0.717, 1.165) is 5.56 Å². The molecule has 0 unspecified atom stereocenters. The minimum absolute atomic E-state index is 0.206. The third kappa shape index (κ3) is 4.68. The van der Waals surface area contributed by atoms with Gasteiger partial charge in [-0.25, -0.2) is 9.48 Å². The fraction of sp³-hybridized carbons (Fsp3) is 0.182. The van der Waals surface area contributed by atoms with Gasteiger partial charge in [0, 0.05) is 0 Å². The molecule has 0 aliphatic rings. The summed E-state index contributed by atoms with van der Waals surface area (Å²) in [6, 6.07) is 18.1. The molecule has 0 radical (unpaired) electrons. The van der Waals surface area contributed by atoms with Crippen LogP contribution in [-0.4, -0.2) is 28.3 Å². The van der Waals surface area contributed by atoms with E-state index in [-0.39, 0.29) is 11.4 Å². The second-order valence-corrected chi connectivity index (χ2v) is 6.67. The number of ether oxygens (including phenoxy) is 1. The molecule has 0 saturated carbocycles. The third-order valence-electron chi connectivity index (χ3n) is 4.30. The largest absolute Gasteiger partial charge is 0.452 e.